The largest absolute Gasteiger partial charge is 0.381 e. The first-order chi connectivity index (χ1) is 8.76. The fourth-order valence-electron chi connectivity index (χ4n) is 3.98. The third-order valence-electron chi connectivity index (χ3n) is 5.03. The first kappa shape index (κ1) is 14.3. The van der Waals surface area contributed by atoms with Gasteiger partial charge in [0.05, 0.1) is 6.61 Å². The molecule has 2 aliphatic rings. The summed E-state index contributed by atoms with van der Waals surface area (Å²) < 4.78 is 5.74. The maximum atomic E-state index is 5.74. The summed E-state index contributed by atoms with van der Waals surface area (Å²) in [4.78, 5) is 0. The average molecular weight is 253 g/mol. The summed E-state index contributed by atoms with van der Waals surface area (Å²) in [5, 5.41) is 3.87. The minimum absolute atomic E-state index is 0.513. The molecule has 2 rings (SSSR count). The summed E-state index contributed by atoms with van der Waals surface area (Å²) in [6.07, 6.45) is 11.0. The molecule has 1 saturated carbocycles. The van der Waals surface area contributed by atoms with Gasteiger partial charge in [0.15, 0.2) is 0 Å². The molecule has 0 aromatic rings. The molecule has 2 heteroatoms. The van der Waals surface area contributed by atoms with E-state index in [0.717, 1.165) is 25.7 Å². The Morgan fingerprint density at radius 3 is 2.61 bits per heavy atom. The van der Waals surface area contributed by atoms with E-state index in [0.29, 0.717) is 11.5 Å². The molecule has 1 N–H and O–H groups in total. The summed E-state index contributed by atoms with van der Waals surface area (Å²) in [5.74, 6) is 0.744. The van der Waals surface area contributed by atoms with Gasteiger partial charge in [0.2, 0.25) is 0 Å². The van der Waals surface area contributed by atoms with Crippen molar-refractivity contribution >= 4 is 0 Å². The molecule has 0 radical (unpaired) electrons. The van der Waals surface area contributed by atoms with E-state index >= 15 is 0 Å². The van der Waals surface area contributed by atoms with Crippen LogP contribution in [0.2, 0.25) is 0 Å². The van der Waals surface area contributed by atoms with Gasteiger partial charge in [-0.3, -0.25) is 0 Å². The normalized spacial score (nSPS) is 30.0. The molecule has 106 valence electrons. The van der Waals surface area contributed by atoms with Crippen molar-refractivity contribution in [3.63, 3.8) is 0 Å². The van der Waals surface area contributed by atoms with Gasteiger partial charge in [-0.1, -0.05) is 33.1 Å². The van der Waals surface area contributed by atoms with Gasteiger partial charge in [-0.05, 0) is 50.0 Å². The van der Waals surface area contributed by atoms with Gasteiger partial charge >= 0.3 is 0 Å². The Balaban J connectivity index is 2.02. The Hall–Kier alpha value is -0.0800. The second-order valence-corrected chi connectivity index (χ2v) is 6.62. The Morgan fingerprint density at radius 1 is 1.22 bits per heavy atom. The lowest BCUT2D eigenvalue weighted by molar-refractivity contribution is 0.000963. The zero-order valence-corrected chi connectivity index (χ0v) is 12.3. The molecule has 1 saturated heterocycles. The Bertz CT molecular complexity index is 229. The summed E-state index contributed by atoms with van der Waals surface area (Å²) in [7, 11) is 0. The van der Waals surface area contributed by atoms with Crippen molar-refractivity contribution in [2.45, 2.75) is 71.3 Å². The quantitative estimate of drug-likeness (QED) is 0.805. The first-order valence-corrected chi connectivity index (χ1v) is 8.07. The lowest BCUT2D eigenvalue weighted by Gasteiger charge is -2.46. The molecular formula is C16H31NO. The summed E-state index contributed by atoms with van der Waals surface area (Å²) >= 11 is 0. The molecule has 2 atom stereocenters. The maximum absolute atomic E-state index is 5.74. The van der Waals surface area contributed by atoms with Crippen molar-refractivity contribution in [1.29, 1.82) is 0 Å². The van der Waals surface area contributed by atoms with Gasteiger partial charge in [-0.25, -0.2) is 0 Å². The van der Waals surface area contributed by atoms with Crippen LogP contribution < -0.4 is 5.32 Å². The average Bonchev–Trinajstić information content (AvgIpc) is 2.41. The van der Waals surface area contributed by atoms with Crippen molar-refractivity contribution in [1.82, 2.24) is 5.32 Å². The highest BCUT2D eigenvalue weighted by Crippen LogP contribution is 2.42. The van der Waals surface area contributed by atoms with Crippen LogP contribution in [-0.2, 0) is 4.74 Å². The number of rotatable bonds is 5. The van der Waals surface area contributed by atoms with E-state index in [4.69, 9.17) is 4.74 Å². The van der Waals surface area contributed by atoms with Crippen LogP contribution in [0.25, 0.3) is 0 Å². The minimum Gasteiger partial charge on any atom is -0.381 e. The minimum atomic E-state index is 0.513. The lowest BCUT2D eigenvalue weighted by Crippen LogP contribution is -2.51. The van der Waals surface area contributed by atoms with Crippen LogP contribution in [0.4, 0.5) is 0 Å². The number of ether oxygens (including phenoxy) is 1. The van der Waals surface area contributed by atoms with Crippen LogP contribution in [0.5, 0.6) is 0 Å². The van der Waals surface area contributed by atoms with Gasteiger partial charge in [-0.15, -0.1) is 0 Å². The van der Waals surface area contributed by atoms with Crippen molar-refractivity contribution in [2.24, 2.45) is 11.3 Å². The lowest BCUT2D eigenvalue weighted by atomic mass is 9.66. The smallest absolute Gasteiger partial charge is 0.0509 e. The van der Waals surface area contributed by atoms with E-state index in [1.54, 1.807) is 0 Å². The van der Waals surface area contributed by atoms with E-state index in [-0.39, 0.29) is 0 Å². The molecule has 1 aliphatic heterocycles. The Labute approximate surface area is 113 Å². The van der Waals surface area contributed by atoms with E-state index in [1.807, 2.05) is 0 Å². The molecule has 0 bridgehead atoms. The third kappa shape index (κ3) is 3.48. The molecule has 1 heterocycles. The molecule has 0 amide bonds. The van der Waals surface area contributed by atoms with Crippen LogP contribution in [0.1, 0.15) is 65.2 Å². The molecule has 0 aromatic carbocycles. The number of hydrogen-bond donors (Lipinski definition) is 1. The third-order valence-corrected chi connectivity index (χ3v) is 5.03. The van der Waals surface area contributed by atoms with Gasteiger partial charge in [0, 0.05) is 12.6 Å². The van der Waals surface area contributed by atoms with Crippen molar-refractivity contribution in [2.75, 3.05) is 19.8 Å². The van der Waals surface area contributed by atoms with E-state index in [2.05, 4.69) is 19.2 Å². The summed E-state index contributed by atoms with van der Waals surface area (Å²) in [5.41, 5.74) is 0.513. The van der Waals surface area contributed by atoms with Crippen LogP contribution in [-0.4, -0.2) is 25.8 Å². The number of hydrogen-bond acceptors (Lipinski definition) is 2. The molecule has 0 spiro atoms. The van der Waals surface area contributed by atoms with Gasteiger partial charge < -0.3 is 10.1 Å². The SMILES string of the molecule is CCCNC(C1CCCOC1)C1(C)CCCCC1. The molecule has 18 heavy (non-hydrogen) atoms. The van der Waals surface area contributed by atoms with E-state index < -0.39 is 0 Å². The summed E-state index contributed by atoms with van der Waals surface area (Å²) in [6, 6.07) is 0.679. The van der Waals surface area contributed by atoms with E-state index in [9.17, 15) is 0 Å². The topological polar surface area (TPSA) is 21.3 Å². The van der Waals surface area contributed by atoms with E-state index in [1.165, 1.54) is 51.4 Å². The zero-order valence-electron chi connectivity index (χ0n) is 12.3. The van der Waals surface area contributed by atoms with Crippen LogP contribution >= 0.6 is 0 Å². The fraction of sp³-hybridized carbons (Fsp3) is 1.00. The van der Waals surface area contributed by atoms with Crippen molar-refractivity contribution in [3.05, 3.63) is 0 Å². The molecular weight excluding hydrogens is 222 g/mol. The van der Waals surface area contributed by atoms with Gasteiger partial charge in [0.25, 0.3) is 0 Å². The predicted molar refractivity (Wildman–Crippen MR) is 76.8 cm³/mol. The summed E-state index contributed by atoms with van der Waals surface area (Å²) in [6.45, 7) is 7.92. The standard InChI is InChI=1S/C16H31NO/c1-3-11-17-15(14-8-7-12-18-13-14)16(2)9-5-4-6-10-16/h14-15,17H,3-13H2,1-2H3. The fourth-order valence-corrected chi connectivity index (χ4v) is 3.98. The van der Waals surface area contributed by atoms with Crippen LogP contribution in [0.3, 0.4) is 0 Å². The molecule has 2 unspecified atom stereocenters. The molecule has 2 nitrogen and oxygen atoms in total. The molecule has 0 aromatic heterocycles. The Morgan fingerprint density at radius 2 is 2.00 bits per heavy atom. The van der Waals surface area contributed by atoms with Crippen molar-refractivity contribution in [3.8, 4) is 0 Å². The monoisotopic (exact) mass is 253 g/mol. The zero-order chi connectivity index (χ0) is 12.8. The van der Waals surface area contributed by atoms with Gasteiger partial charge in [-0.2, -0.15) is 0 Å². The number of nitrogens with one attached hydrogen (secondary N) is 1. The molecule has 2 fully saturated rings. The molecule has 1 aliphatic carbocycles. The second-order valence-electron chi connectivity index (χ2n) is 6.62. The van der Waals surface area contributed by atoms with Crippen molar-refractivity contribution < 1.29 is 4.74 Å². The van der Waals surface area contributed by atoms with Gasteiger partial charge in [0.1, 0.15) is 0 Å². The highest BCUT2D eigenvalue weighted by atomic mass is 16.5. The maximum Gasteiger partial charge on any atom is 0.0509 e. The second kappa shape index (κ2) is 6.91. The first-order valence-electron chi connectivity index (χ1n) is 8.07. The predicted octanol–water partition coefficient (Wildman–Crippen LogP) is 3.75. The Kier molecular flexibility index (Phi) is 5.50. The highest BCUT2D eigenvalue weighted by molar-refractivity contribution is 4.94. The highest BCUT2D eigenvalue weighted by Gasteiger charge is 2.39. The van der Waals surface area contributed by atoms with Crippen LogP contribution in [0.15, 0.2) is 0 Å². The van der Waals surface area contributed by atoms with Crippen LogP contribution in [0, 0.1) is 11.3 Å².